The topological polar surface area (TPSA) is 83.8 Å². The number of aliphatic carboxylic acids is 1. The summed E-state index contributed by atoms with van der Waals surface area (Å²) in [6, 6.07) is 14.6. The van der Waals surface area contributed by atoms with Gasteiger partial charge in [0.1, 0.15) is 6.61 Å². The van der Waals surface area contributed by atoms with Crippen LogP contribution in [0.25, 0.3) is 0 Å². The van der Waals surface area contributed by atoms with Gasteiger partial charge in [-0.05, 0) is 35.4 Å². The van der Waals surface area contributed by atoms with Gasteiger partial charge in [0.25, 0.3) is 0 Å². The number of hydrogen-bond donors (Lipinski definition) is 2. The van der Waals surface area contributed by atoms with Crippen LogP contribution < -0.4 is 0 Å². The number of aliphatic hydroxyl groups excluding tert-OH is 1. The number of carboxylic acid groups (broad SMARTS) is 1. The highest BCUT2D eigenvalue weighted by Crippen LogP contribution is 2.07. The zero-order valence-corrected chi connectivity index (χ0v) is 13.6. The number of ether oxygens (including phenoxy) is 1. The Hall–Kier alpha value is -3.10. The third-order valence-corrected chi connectivity index (χ3v) is 3.38. The summed E-state index contributed by atoms with van der Waals surface area (Å²) in [5.74, 6) is 4.52. The van der Waals surface area contributed by atoms with Crippen molar-refractivity contribution in [3.8, 4) is 11.8 Å². The maximum Gasteiger partial charge on any atom is 0.306 e. The Bertz CT molecular complexity index is 780. The number of hydrogen-bond acceptors (Lipinski definition) is 4. The van der Waals surface area contributed by atoms with Gasteiger partial charge in [-0.3, -0.25) is 9.59 Å². The molecule has 0 saturated heterocycles. The van der Waals surface area contributed by atoms with Crippen molar-refractivity contribution in [2.75, 3.05) is 0 Å². The van der Waals surface area contributed by atoms with Crippen LogP contribution in [0.5, 0.6) is 0 Å². The predicted octanol–water partition coefficient (Wildman–Crippen LogP) is 2.49. The van der Waals surface area contributed by atoms with E-state index in [1.54, 1.807) is 0 Å². The van der Waals surface area contributed by atoms with Crippen LogP contribution in [0.2, 0.25) is 0 Å². The summed E-state index contributed by atoms with van der Waals surface area (Å²) in [4.78, 5) is 21.7. The maximum absolute atomic E-state index is 11.4. The Kier molecular flexibility index (Phi) is 6.76. The molecule has 0 fully saturated rings. The first-order valence-corrected chi connectivity index (χ1v) is 7.75. The van der Waals surface area contributed by atoms with E-state index in [2.05, 4.69) is 11.8 Å². The van der Waals surface area contributed by atoms with Crippen molar-refractivity contribution in [3.63, 3.8) is 0 Å². The average Bonchev–Trinajstić information content (AvgIpc) is 2.64. The van der Waals surface area contributed by atoms with Gasteiger partial charge in [0, 0.05) is 11.1 Å². The summed E-state index contributed by atoms with van der Waals surface area (Å²) < 4.78 is 5.01. The van der Waals surface area contributed by atoms with Crippen LogP contribution in [0, 0.1) is 11.8 Å². The van der Waals surface area contributed by atoms with Gasteiger partial charge in [-0.1, -0.05) is 36.1 Å². The molecule has 2 aromatic rings. The molecule has 5 nitrogen and oxygen atoms in total. The standard InChI is InChI=1S/C20H18O5/c21-13-17-7-3-15(4-8-17)1-2-16-5-9-18(10-6-16)14-25-20(24)12-11-19(22)23/h3-10,21H,11-14H2,(H,22,23). The van der Waals surface area contributed by atoms with E-state index in [1.165, 1.54) is 0 Å². The van der Waals surface area contributed by atoms with Gasteiger partial charge in [0.15, 0.2) is 0 Å². The first kappa shape index (κ1) is 18.2. The highest BCUT2D eigenvalue weighted by molar-refractivity contribution is 5.76. The van der Waals surface area contributed by atoms with E-state index in [4.69, 9.17) is 14.9 Å². The summed E-state index contributed by atoms with van der Waals surface area (Å²) in [6.45, 7) is 0.116. The molecule has 0 aliphatic rings. The van der Waals surface area contributed by atoms with Gasteiger partial charge in [-0.15, -0.1) is 0 Å². The van der Waals surface area contributed by atoms with Crippen molar-refractivity contribution in [3.05, 3.63) is 70.8 Å². The summed E-state index contributed by atoms with van der Waals surface area (Å²) in [5.41, 5.74) is 3.33. The molecule has 0 heterocycles. The number of carboxylic acids is 1. The van der Waals surface area contributed by atoms with Gasteiger partial charge in [-0.25, -0.2) is 0 Å². The van der Waals surface area contributed by atoms with Crippen LogP contribution >= 0.6 is 0 Å². The normalized spacial score (nSPS) is 9.80. The summed E-state index contributed by atoms with van der Waals surface area (Å²) >= 11 is 0. The van der Waals surface area contributed by atoms with Crippen LogP contribution in [-0.2, 0) is 27.5 Å². The molecule has 0 radical (unpaired) electrons. The fraction of sp³-hybridized carbons (Fsp3) is 0.200. The van der Waals surface area contributed by atoms with Gasteiger partial charge in [0.05, 0.1) is 19.4 Å². The molecular formula is C20H18O5. The number of carbonyl (C=O) groups excluding carboxylic acids is 1. The second-order valence-electron chi connectivity index (χ2n) is 5.36. The molecule has 0 saturated carbocycles. The van der Waals surface area contributed by atoms with Crippen molar-refractivity contribution < 1.29 is 24.5 Å². The highest BCUT2D eigenvalue weighted by atomic mass is 16.5. The Labute approximate surface area is 145 Å². The van der Waals surface area contributed by atoms with E-state index >= 15 is 0 Å². The summed E-state index contributed by atoms with van der Waals surface area (Å²) in [7, 11) is 0. The molecule has 0 aliphatic heterocycles. The number of esters is 1. The van der Waals surface area contributed by atoms with Gasteiger partial charge < -0.3 is 14.9 Å². The second kappa shape index (κ2) is 9.26. The molecule has 25 heavy (non-hydrogen) atoms. The molecule has 0 aliphatic carbocycles. The first-order chi connectivity index (χ1) is 12.1. The second-order valence-corrected chi connectivity index (χ2v) is 5.36. The van der Waals surface area contributed by atoms with E-state index in [0.29, 0.717) is 0 Å². The summed E-state index contributed by atoms with van der Waals surface area (Å²) in [6.07, 6.45) is -0.361. The molecule has 0 unspecified atom stereocenters. The minimum Gasteiger partial charge on any atom is -0.481 e. The number of carbonyl (C=O) groups is 2. The smallest absolute Gasteiger partial charge is 0.306 e. The largest absolute Gasteiger partial charge is 0.481 e. The van der Waals surface area contributed by atoms with Crippen LogP contribution in [0.15, 0.2) is 48.5 Å². The Morgan fingerprint density at radius 1 is 0.840 bits per heavy atom. The molecule has 0 spiro atoms. The number of rotatable bonds is 6. The number of benzene rings is 2. The Morgan fingerprint density at radius 3 is 1.84 bits per heavy atom. The van der Waals surface area contributed by atoms with Crippen molar-refractivity contribution >= 4 is 11.9 Å². The van der Waals surface area contributed by atoms with E-state index in [-0.39, 0.29) is 26.1 Å². The fourth-order valence-electron chi connectivity index (χ4n) is 1.97. The minimum absolute atomic E-state index is 0.00997. The molecule has 2 rings (SSSR count). The lowest BCUT2D eigenvalue weighted by molar-refractivity contribution is -0.148. The monoisotopic (exact) mass is 338 g/mol. The Balaban J connectivity index is 1.88. The zero-order valence-electron chi connectivity index (χ0n) is 13.6. The maximum atomic E-state index is 11.4. The van der Waals surface area contributed by atoms with E-state index in [0.717, 1.165) is 22.3 Å². The molecule has 0 atom stereocenters. The molecule has 0 aromatic heterocycles. The lowest BCUT2D eigenvalue weighted by Gasteiger charge is -2.04. The fourth-order valence-corrected chi connectivity index (χ4v) is 1.97. The van der Waals surface area contributed by atoms with E-state index in [1.807, 2.05) is 48.5 Å². The predicted molar refractivity (Wildman–Crippen MR) is 91.5 cm³/mol. The van der Waals surface area contributed by atoms with Crippen molar-refractivity contribution in [2.24, 2.45) is 0 Å². The van der Waals surface area contributed by atoms with Gasteiger partial charge in [0.2, 0.25) is 0 Å². The SMILES string of the molecule is O=C(O)CCC(=O)OCc1ccc(C#Cc2ccc(CO)cc2)cc1. The van der Waals surface area contributed by atoms with Crippen molar-refractivity contribution in [1.82, 2.24) is 0 Å². The molecule has 0 amide bonds. The van der Waals surface area contributed by atoms with E-state index in [9.17, 15) is 9.59 Å². The molecule has 128 valence electrons. The molecule has 2 aromatic carbocycles. The van der Waals surface area contributed by atoms with Crippen LogP contribution in [-0.4, -0.2) is 22.2 Å². The third-order valence-electron chi connectivity index (χ3n) is 3.38. The van der Waals surface area contributed by atoms with Crippen molar-refractivity contribution in [1.29, 1.82) is 0 Å². The number of aliphatic hydroxyl groups is 1. The molecular weight excluding hydrogens is 320 g/mol. The lowest BCUT2D eigenvalue weighted by atomic mass is 10.1. The lowest BCUT2D eigenvalue weighted by Crippen LogP contribution is -2.07. The highest BCUT2D eigenvalue weighted by Gasteiger charge is 2.06. The molecule has 2 N–H and O–H groups in total. The van der Waals surface area contributed by atoms with Crippen LogP contribution in [0.4, 0.5) is 0 Å². The summed E-state index contributed by atoms with van der Waals surface area (Å²) in [5, 5.41) is 17.5. The molecule has 5 heteroatoms. The first-order valence-electron chi connectivity index (χ1n) is 7.75. The quantitative estimate of drug-likeness (QED) is 0.624. The van der Waals surface area contributed by atoms with Crippen LogP contribution in [0.3, 0.4) is 0 Å². The van der Waals surface area contributed by atoms with Crippen LogP contribution in [0.1, 0.15) is 35.1 Å². The van der Waals surface area contributed by atoms with Crippen molar-refractivity contribution in [2.45, 2.75) is 26.1 Å². The van der Waals surface area contributed by atoms with E-state index < -0.39 is 11.9 Å². The average molecular weight is 338 g/mol. The van der Waals surface area contributed by atoms with Gasteiger partial charge >= 0.3 is 11.9 Å². The van der Waals surface area contributed by atoms with Gasteiger partial charge in [-0.2, -0.15) is 0 Å². The zero-order chi connectivity index (χ0) is 18.1. The minimum atomic E-state index is -1.02. The Morgan fingerprint density at radius 2 is 1.36 bits per heavy atom. The molecule has 0 bridgehead atoms. The third kappa shape index (κ3) is 6.50.